The van der Waals surface area contributed by atoms with Gasteiger partial charge in [0.25, 0.3) is 0 Å². The van der Waals surface area contributed by atoms with Crippen LogP contribution in [-0.4, -0.2) is 29.4 Å². The van der Waals surface area contributed by atoms with Crippen molar-refractivity contribution in [3.63, 3.8) is 0 Å². The van der Waals surface area contributed by atoms with Crippen molar-refractivity contribution in [3.05, 3.63) is 47.8 Å². The van der Waals surface area contributed by atoms with E-state index in [4.69, 9.17) is 0 Å². The minimum absolute atomic E-state index is 0.0776. The Morgan fingerprint density at radius 2 is 2.13 bits per heavy atom. The molecule has 3 rings (SSSR count). The summed E-state index contributed by atoms with van der Waals surface area (Å²) in [6.45, 7) is 1.86. The lowest BCUT2D eigenvalue weighted by Crippen LogP contribution is -2.41. The number of rotatable bonds is 5. The molecule has 0 amide bonds. The molecule has 0 radical (unpaired) electrons. The predicted molar refractivity (Wildman–Crippen MR) is 86.2 cm³/mol. The third-order valence-corrected chi connectivity index (χ3v) is 5.73. The number of hydrogen-bond acceptors (Lipinski definition) is 4. The van der Waals surface area contributed by atoms with Crippen LogP contribution >= 0.6 is 0 Å². The lowest BCUT2D eigenvalue weighted by Gasteiger charge is -2.37. The monoisotopic (exact) mass is 335 g/mol. The van der Waals surface area contributed by atoms with E-state index in [0.717, 1.165) is 11.1 Å². The maximum Gasteiger partial charge on any atom is 0.241 e. The van der Waals surface area contributed by atoms with Gasteiger partial charge in [-0.25, -0.2) is 13.1 Å². The summed E-state index contributed by atoms with van der Waals surface area (Å²) in [5, 5.41) is 13.7. The van der Waals surface area contributed by atoms with Crippen molar-refractivity contribution in [2.75, 3.05) is 0 Å². The highest BCUT2D eigenvalue weighted by atomic mass is 32.2. The zero-order valence-corrected chi connectivity index (χ0v) is 14.0. The van der Waals surface area contributed by atoms with E-state index in [2.05, 4.69) is 9.82 Å². The standard InChI is InChI=1S/C16H21N3O3S/c1-11-4-3-5-15(6-11)23(21,22)18-16(12-7-14(20)8-12)13-9-17-19(2)10-13/h3-6,9-10,12,14,16,18,20H,7-8H2,1-2H3/t12?,14?,16-/m0/s1. The van der Waals surface area contributed by atoms with Crippen LogP contribution in [-0.2, 0) is 17.1 Å². The summed E-state index contributed by atoms with van der Waals surface area (Å²) in [6.07, 6.45) is 4.33. The van der Waals surface area contributed by atoms with E-state index in [0.29, 0.717) is 12.8 Å². The summed E-state index contributed by atoms with van der Waals surface area (Å²) in [7, 11) is -1.83. The number of sulfonamides is 1. The van der Waals surface area contributed by atoms with Crippen LogP contribution in [0.2, 0.25) is 0 Å². The van der Waals surface area contributed by atoms with Crippen molar-refractivity contribution in [2.24, 2.45) is 13.0 Å². The van der Waals surface area contributed by atoms with E-state index < -0.39 is 10.0 Å². The number of nitrogens with zero attached hydrogens (tertiary/aromatic N) is 2. The highest BCUT2D eigenvalue weighted by Crippen LogP contribution is 2.38. The van der Waals surface area contributed by atoms with E-state index >= 15 is 0 Å². The number of hydrogen-bond donors (Lipinski definition) is 2. The zero-order chi connectivity index (χ0) is 16.6. The maximum atomic E-state index is 12.7. The molecule has 0 unspecified atom stereocenters. The number of aliphatic hydroxyl groups excluding tert-OH is 1. The van der Waals surface area contributed by atoms with E-state index in [1.54, 1.807) is 36.1 Å². The van der Waals surface area contributed by atoms with Gasteiger partial charge in [-0.1, -0.05) is 12.1 Å². The summed E-state index contributed by atoms with van der Waals surface area (Å²) in [6, 6.07) is 6.46. The molecule has 0 bridgehead atoms. The zero-order valence-electron chi connectivity index (χ0n) is 13.2. The Hall–Kier alpha value is -1.70. The van der Waals surface area contributed by atoms with Crippen molar-refractivity contribution in [3.8, 4) is 0 Å². The van der Waals surface area contributed by atoms with Crippen LogP contribution in [0.25, 0.3) is 0 Å². The lowest BCUT2D eigenvalue weighted by atomic mass is 9.76. The van der Waals surface area contributed by atoms with Crippen LogP contribution in [0.15, 0.2) is 41.6 Å². The van der Waals surface area contributed by atoms with Crippen LogP contribution in [0.4, 0.5) is 0 Å². The van der Waals surface area contributed by atoms with Gasteiger partial charge in [-0.3, -0.25) is 4.68 Å². The Morgan fingerprint density at radius 3 is 2.70 bits per heavy atom. The molecule has 1 fully saturated rings. The van der Waals surface area contributed by atoms with Crippen LogP contribution in [0.3, 0.4) is 0 Å². The first-order valence-electron chi connectivity index (χ1n) is 7.61. The molecular weight excluding hydrogens is 314 g/mol. The molecule has 7 heteroatoms. The second-order valence-electron chi connectivity index (χ2n) is 6.25. The summed E-state index contributed by atoms with van der Waals surface area (Å²) >= 11 is 0. The van der Waals surface area contributed by atoms with E-state index in [9.17, 15) is 13.5 Å². The molecule has 1 saturated carbocycles. The van der Waals surface area contributed by atoms with Gasteiger partial charge in [0.1, 0.15) is 0 Å². The maximum absolute atomic E-state index is 12.7. The first kappa shape index (κ1) is 16.2. The fraction of sp³-hybridized carbons (Fsp3) is 0.438. The first-order chi connectivity index (χ1) is 10.8. The van der Waals surface area contributed by atoms with Gasteiger partial charge in [-0.15, -0.1) is 0 Å². The Morgan fingerprint density at radius 1 is 1.39 bits per heavy atom. The van der Waals surface area contributed by atoms with Crippen molar-refractivity contribution < 1.29 is 13.5 Å². The van der Waals surface area contributed by atoms with Crippen LogP contribution in [0.5, 0.6) is 0 Å². The average Bonchev–Trinajstić information content (AvgIpc) is 2.88. The number of aliphatic hydroxyl groups is 1. The molecule has 0 aliphatic heterocycles. The molecule has 1 aromatic heterocycles. The minimum Gasteiger partial charge on any atom is -0.393 e. The van der Waals surface area contributed by atoms with Crippen LogP contribution < -0.4 is 4.72 Å². The Bertz CT molecular complexity index is 794. The highest BCUT2D eigenvalue weighted by molar-refractivity contribution is 7.89. The number of nitrogens with one attached hydrogen (secondary N) is 1. The van der Waals surface area contributed by atoms with Gasteiger partial charge >= 0.3 is 0 Å². The lowest BCUT2D eigenvalue weighted by molar-refractivity contribution is 0.0280. The normalized spacial score (nSPS) is 22.6. The van der Waals surface area contributed by atoms with Crippen LogP contribution in [0, 0.1) is 12.8 Å². The molecule has 1 heterocycles. The van der Waals surface area contributed by atoms with Gasteiger partial charge in [0, 0.05) is 18.8 Å². The van der Waals surface area contributed by atoms with Crippen molar-refractivity contribution in [2.45, 2.75) is 36.8 Å². The third kappa shape index (κ3) is 3.46. The van der Waals surface area contributed by atoms with Gasteiger partial charge in [-0.2, -0.15) is 5.10 Å². The quantitative estimate of drug-likeness (QED) is 0.868. The molecule has 1 atom stereocenters. The predicted octanol–water partition coefficient (Wildman–Crippen LogP) is 1.52. The van der Waals surface area contributed by atoms with Gasteiger partial charge in [0.05, 0.1) is 23.2 Å². The summed E-state index contributed by atoms with van der Waals surface area (Å²) in [5.41, 5.74) is 1.71. The fourth-order valence-corrected chi connectivity index (χ4v) is 4.35. The van der Waals surface area contributed by atoms with Crippen LogP contribution in [0.1, 0.15) is 30.0 Å². The summed E-state index contributed by atoms with van der Waals surface area (Å²) in [4.78, 5) is 0.256. The molecule has 124 valence electrons. The van der Waals surface area contributed by atoms with Crippen molar-refractivity contribution in [1.82, 2.24) is 14.5 Å². The first-order valence-corrected chi connectivity index (χ1v) is 9.09. The number of aryl methyl sites for hydroxylation is 2. The molecule has 0 spiro atoms. The molecule has 1 aliphatic carbocycles. The molecule has 0 saturated heterocycles. The summed E-state index contributed by atoms with van der Waals surface area (Å²) in [5.74, 6) is 0.0776. The van der Waals surface area contributed by atoms with Gasteiger partial charge < -0.3 is 5.11 Å². The number of aromatic nitrogens is 2. The fourth-order valence-electron chi connectivity index (χ4n) is 2.96. The Kier molecular flexibility index (Phi) is 4.27. The molecule has 6 nitrogen and oxygen atoms in total. The van der Waals surface area contributed by atoms with E-state index in [1.807, 2.05) is 19.2 Å². The largest absolute Gasteiger partial charge is 0.393 e. The molecule has 2 N–H and O–H groups in total. The smallest absolute Gasteiger partial charge is 0.241 e. The van der Waals surface area contributed by atoms with Gasteiger partial charge in [0.15, 0.2) is 0 Å². The number of benzene rings is 1. The molecule has 23 heavy (non-hydrogen) atoms. The molecule has 2 aromatic rings. The minimum atomic E-state index is -3.63. The Balaban J connectivity index is 1.89. The highest BCUT2D eigenvalue weighted by Gasteiger charge is 2.37. The van der Waals surface area contributed by atoms with Crippen molar-refractivity contribution >= 4 is 10.0 Å². The second-order valence-corrected chi connectivity index (χ2v) is 7.96. The molecule has 1 aliphatic rings. The van der Waals surface area contributed by atoms with E-state index in [1.165, 1.54) is 0 Å². The molecule has 1 aromatic carbocycles. The van der Waals surface area contributed by atoms with Gasteiger partial charge in [0.2, 0.25) is 10.0 Å². The van der Waals surface area contributed by atoms with Gasteiger partial charge in [-0.05, 0) is 43.4 Å². The molecular formula is C16H21N3O3S. The second kappa shape index (κ2) is 6.07. The van der Waals surface area contributed by atoms with E-state index in [-0.39, 0.29) is 23.0 Å². The SMILES string of the molecule is Cc1cccc(S(=O)(=O)N[C@H](c2cnn(C)c2)C2CC(O)C2)c1. The summed E-state index contributed by atoms with van der Waals surface area (Å²) < 4.78 is 29.8. The topological polar surface area (TPSA) is 84.2 Å². The Labute approximate surface area is 136 Å². The average molecular weight is 335 g/mol. The third-order valence-electron chi connectivity index (χ3n) is 4.29. The van der Waals surface area contributed by atoms with Crippen molar-refractivity contribution in [1.29, 1.82) is 0 Å².